The van der Waals surface area contributed by atoms with E-state index >= 15 is 0 Å². The van der Waals surface area contributed by atoms with Crippen LogP contribution in [0.1, 0.15) is 42.5 Å². The van der Waals surface area contributed by atoms with Gasteiger partial charge < -0.3 is 15.2 Å². The van der Waals surface area contributed by atoms with Crippen LogP contribution in [0.3, 0.4) is 0 Å². The van der Waals surface area contributed by atoms with Crippen molar-refractivity contribution in [1.29, 1.82) is 0 Å². The van der Waals surface area contributed by atoms with Gasteiger partial charge in [-0.3, -0.25) is 9.69 Å². The van der Waals surface area contributed by atoms with Gasteiger partial charge in [-0.2, -0.15) is 0 Å². The Morgan fingerprint density at radius 2 is 1.89 bits per heavy atom. The Morgan fingerprint density at radius 1 is 1.15 bits per heavy atom. The van der Waals surface area contributed by atoms with Gasteiger partial charge in [0.1, 0.15) is 0 Å². The smallest absolute Gasteiger partial charge is 0.234 e. The van der Waals surface area contributed by atoms with Crippen LogP contribution in [0.5, 0.6) is 0 Å². The van der Waals surface area contributed by atoms with E-state index in [2.05, 4.69) is 52.1 Å². The molecule has 2 N–H and O–H groups in total. The van der Waals surface area contributed by atoms with Crippen molar-refractivity contribution >= 4 is 16.8 Å². The molecule has 0 bridgehead atoms. The number of benzene rings is 1. The maximum atomic E-state index is 12.4. The molecule has 2 aromatic rings. The first-order valence-corrected chi connectivity index (χ1v) is 10.4. The Kier molecular flexibility index (Phi) is 5.50. The van der Waals surface area contributed by atoms with Crippen molar-refractivity contribution < 1.29 is 4.79 Å². The third kappa shape index (κ3) is 4.19. The molecule has 1 amide bonds. The lowest BCUT2D eigenvalue weighted by Gasteiger charge is -2.36. The Labute approximate surface area is 162 Å². The van der Waals surface area contributed by atoms with Crippen LogP contribution in [-0.2, 0) is 11.3 Å². The molecule has 4 rings (SSSR count). The molecule has 0 radical (unpaired) electrons. The van der Waals surface area contributed by atoms with Crippen LogP contribution >= 0.6 is 0 Å². The molecule has 146 valence electrons. The minimum Gasteiger partial charge on any atom is -0.358 e. The molecule has 0 atom stereocenters. The third-order valence-corrected chi connectivity index (χ3v) is 6.44. The number of rotatable bonds is 5. The van der Waals surface area contributed by atoms with Crippen molar-refractivity contribution in [1.82, 2.24) is 20.1 Å². The van der Waals surface area contributed by atoms with E-state index in [-0.39, 0.29) is 5.91 Å². The Bertz CT molecular complexity index is 798. The molecule has 2 saturated heterocycles. The average Bonchev–Trinajstić information content (AvgIpc) is 3.30. The van der Waals surface area contributed by atoms with Gasteiger partial charge in [0, 0.05) is 42.3 Å². The molecular formula is C22H32N4O. The molecule has 27 heavy (non-hydrogen) atoms. The Hall–Kier alpha value is -1.85. The van der Waals surface area contributed by atoms with Gasteiger partial charge in [-0.15, -0.1) is 0 Å². The number of amides is 1. The predicted molar refractivity (Wildman–Crippen MR) is 110 cm³/mol. The highest BCUT2D eigenvalue weighted by atomic mass is 16.2. The lowest BCUT2D eigenvalue weighted by molar-refractivity contribution is -0.122. The quantitative estimate of drug-likeness (QED) is 0.853. The number of fused-ring (bicyclic) bond motifs is 1. The van der Waals surface area contributed by atoms with Gasteiger partial charge in [-0.25, -0.2) is 0 Å². The van der Waals surface area contributed by atoms with Crippen LogP contribution in [0.25, 0.3) is 10.9 Å². The summed E-state index contributed by atoms with van der Waals surface area (Å²) in [4.78, 5) is 20.7. The largest absolute Gasteiger partial charge is 0.358 e. The van der Waals surface area contributed by atoms with E-state index in [9.17, 15) is 4.79 Å². The van der Waals surface area contributed by atoms with E-state index < -0.39 is 0 Å². The highest BCUT2D eigenvalue weighted by Gasteiger charge is 2.26. The zero-order valence-corrected chi connectivity index (χ0v) is 16.7. The highest BCUT2D eigenvalue weighted by Crippen LogP contribution is 2.23. The van der Waals surface area contributed by atoms with Crippen LogP contribution in [0, 0.1) is 13.8 Å². The number of nitrogens with one attached hydrogen (secondary N) is 2. The molecule has 0 spiro atoms. The maximum Gasteiger partial charge on any atom is 0.234 e. The fourth-order valence-corrected chi connectivity index (χ4v) is 4.63. The minimum atomic E-state index is 0.136. The number of hydrogen-bond acceptors (Lipinski definition) is 3. The number of hydrogen-bond donors (Lipinski definition) is 2. The number of nitrogens with zero attached hydrogens (tertiary/aromatic N) is 2. The highest BCUT2D eigenvalue weighted by molar-refractivity contribution is 5.85. The second-order valence-electron chi connectivity index (χ2n) is 8.28. The topological polar surface area (TPSA) is 51.4 Å². The maximum absolute atomic E-state index is 12.4. The molecule has 5 heteroatoms. The summed E-state index contributed by atoms with van der Waals surface area (Å²) < 4.78 is 0. The van der Waals surface area contributed by atoms with E-state index in [0.717, 1.165) is 24.7 Å². The van der Waals surface area contributed by atoms with Crippen LogP contribution < -0.4 is 5.32 Å². The van der Waals surface area contributed by atoms with Crippen molar-refractivity contribution in [3.63, 3.8) is 0 Å². The van der Waals surface area contributed by atoms with Crippen molar-refractivity contribution in [3.8, 4) is 0 Å². The van der Waals surface area contributed by atoms with E-state index in [0.29, 0.717) is 13.1 Å². The number of aromatic amines is 1. The number of aromatic nitrogens is 1. The predicted octanol–water partition coefficient (Wildman–Crippen LogP) is 2.96. The first-order chi connectivity index (χ1) is 13.1. The second kappa shape index (κ2) is 8.03. The number of likely N-dealkylation sites (tertiary alicyclic amines) is 2. The SMILES string of the molecule is Cc1[nH]c2ccc(CNC(=O)CN3CCC(N4CCCC4)CC3)cc2c1C. The van der Waals surface area contributed by atoms with E-state index in [4.69, 9.17) is 0 Å². The molecule has 0 unspecified atom stereocenters. The average molecular weight is 369 g/mol. The number of H-pyrrole nitrogens is 1. The molecule has 1 aromatic carbocycles. The van der Waals surface area contributed by atoms with Gasteiger partial charge in [-0.1, -0.05) is 6.07 Å². The number of carbonyl (C=O) groups excluding carboxylic acids is 1. The normalized spacial score (nSPS) is 19.8. The zero-order valence-electron chi connectivity index (χ0n) is 16.7. The van der Waals surface area contributed by atoms with Crippen molar-refractivity contribution in [3.05, 3.63) is 35.0 Å². The van der Waals surface area contributed by atoms with E-state index in [1.807, 2.05) is 0 Å². The number of carbonyl (C=O) groups is 1. The van der Waals surface area contributed by atoms with Crippen molar-refractivity contribution in [2.75, 3.05) is 32.7 Å². The van der Waals surface area contributed by atoms with Gasteiger partial charge in [0.2, 0.25) is 5.91 Å². The summed E-state index contributed by atoms with van der Waals surface area (Å²) in [5.74, 6) is 0.136. The van der Waals surface area contributed by atoms with E-state index in [1.54, 1.807) is 0 Å². The first-order valence-electron chi connectivity index (χ1n) is 10.4. The fourth-order valence-electron chi connectivity index (χ4n) is 4.63. The molecular weight excluding hydrogens is 336 g/mol. The lowest BCUT2D eigenvalue weighted by Crippen LogP contribution is -2.46. The zero-order chi connectivity index (χ0) is 18.8. The lowest BCUT2D eigenvalue weighted by atomic mass is 10.0. The summed E-state index contributed by atoms with van der Waals surface area (Å²) in [6.07, 6.45) is 5.12. The summed E-state index contributed by atoms with van der Waals surface area (Å²) in [6, 6.07) is 7.14. The van der Waals surface area contributed by atoms with Gasteiger partial charge >= 0.3 is 0 Å². The molecule has 3 heterocycles. The molecule has 2 aliphatic heterocycles. The summed E-state index contributed by atoms with van der Waals surface area (Å²) in [5, 5.41) is 4.36. The number of piperidine rings is 1. The Balaban J connectivity index is 1.24. The minimum absolute atomic E-state index is 0.136. The third-order valence-electron chi connectivity index (χ3n) is 6.44. The standard InChI is InChI=1S/C22H32N4O/c1-16-17(2)24-21-6-5-18(13-20(16)21)14-23-22(27)15-25-11-7-19(8-12-25)26-9-3-4-10-26/h5-6,13,19,24H,3-4,7-12,14-15H2,1-2H3,(H,23,27). The monoisotopic (exact) mass is 368 g/mol. The van der Waals surface area contributed by atoms with Gasteiger partial charge in [0.15, 0.2) is 0 Å². The van der Waals surface area contributed by atoms with Gasteiger partial charge in [0.25, 0.3) is 0 Å². The second-order valence-corrected chi connectivity index (χ2v) is 8.28. The summed E-state index contributed by atoms with van der Waals surface area (Å²) in [5.41, 5.74) is 4.83. The van der Waals surface area contributed by atoms with E-state index in [1.165, 1.54) is 60.9 Å². The molecule has 0 saturated carbocycles. The summed E-state index contributed by atoms with van der Waals surface area (Å²) in [7, 11) is 0. The number of aryl methyl sites for hydroxylation is 2. The Morgan fingerprint density at radius 3 is 2.63 bits per heavy atom. The van der Waals surface area contributed by atoms with Gasteiger partial charge in [-0.05, 0) is 75.9 Å². The molecule has 2 aliphatic rings. The van der Waals surface area contributed by atoms with Gasteiger partial charge in [0.05, 0.1) is 6.54 Å². The summed E-state index contributed by atoms with van der Waals surface area (Å²) in [6.45, 7) is 10.0. The van der Waals surface area contributed by atoms with Crippen LogP contribution in [0.4, 0.5) is 0 Å². The van der Waals surface area contributed by atoms with Crippen molar-refractivity contribution in [2.45, 2.75) is 52.1 Å². The fraction of sp³-hybridized carbons (Fsp3) is 0.591. The summed E-state index contributed by atoms with van der Waals surface area (Å²) >= 11 is 0. The molecule has 1 aromatic heterocycles. The van der Waals surface area contributed by atoms with Crippen molar-refractivity contribution in [2.24, 2.45) is 0 Å². The van der Waals surface area contributed by atoms with Crippen LogP contribution in [0.2, 0.25) is 0 Å². The first kappa shape index (κ1) is 18.5. The molecule has 2 fully saturated rings. The molecule has 5 nitrogen and oxygen atoms in total. The van der Waals surface area contributed by atoms with Crippen LogP contribution in [0.15, 0.2) is 18.2 Å². The molecule has 0 aliphatic carbocycles. The van der Waals surface area contributed by atoms with Crippen LogP contribution in [-0.4, -0.2) is 59.5 Å².